The summed E-state index contributed by atoms with van der Waals surface area (Å²) in [5, 5.41) is 14.3. The molecule has 0 aliphatic carbocycles. The van der Waals surface area contributed by atoms with E-state index >= 15 is 0 Å². The minimum absolute atomic E-state index is 0.103. The maximum absolute atomic E-state index is 12.0. The van der Waals surface area contributed by atoms with Crippen molar-refractivity contribution in [3.8, 4) is 0 Å². The highest BCUT2D eigenvalue weighted by Crippen LogP contribution is 2.32. The summed E-state index contributed by atoms with van der Waals surface area (Å²) in [6.07, 6.45) is -0.448. The zero-order chi connectivity index (χ0) is 25.1. The van der Waals surface area contributed by atoms with Crippen molar-refractivity contribution < 1.29 is 23.9 Å². The number of carbonyl (C=O) groups is 1. The number of nitro groups is 1. The number of nitrogens with one attached hydrogen (secondary N) is 1. The molecule has 1 N–H and O–H groups in total. The van der Waals surface area contributed by atoms with Gasteiger partial charge in [0.05, 0.1) is 30.8 Å². The Labute approximate surface area is 208 Å². The van der Waals surface area contributed by atoms with Gasteiger partial charge in [-0.3, -0.25) is 10.1 Å². The second-order valence-electron chi connectivity index (χ2n) is 7.35. The van der Waals surface area contributed by atoms with Gasteiger partial charge in [-0.1, -0.05) is 48.8 Å². The summed E-state index contributed by atoms with van der Waals surface area (Å²) in [5.74, 6) is -0.648. The number of nitrogens with zero attached hydrogens (tertiary/aromatic N) is 2. The van der Waals surface area contributed by atoms with Gasteiger partial charge in [-0.2, -0.15) is 0 Å². The fraction of sp³-hybridized carbons (Fsp3) is 0.458. The Morgan fingerprint density at radius 3 is 2.35 bits per heavy atom. The van der Waals surface area contributed by atoms with Gasteiger partial charge < -0.3 is 24.4 Å². The normalized spacial score (nSPS) is 13.4. The van der Waals surface area contributed by atoms with E-state index in [0.717, 1.165) is 15.6 Å². The molecule has 1 heterocycles. The monoisotopic (exact) mass is 537 g/mol. The topological polar surface area (TPSA) is 103 Å². The minimum atomic E-state index is -0.648. The van der Waals surface area contributed by atoms with Gasteiger partial charge in [0.15, 0.2) is 6.29 Å². The lowest BCUT2D eigenvalue weighted by atomic mass is 10.1. The number of carbonyl (C=O) groups excluding carboxylic acids is 1. The number of benzene rings is 2. The molecule has 1 saturated heterocycles. The van der Waals surface area contributed by atoms with E-state index in [4.69, 9.17) is 14.2 Å². The lowest BCUT2D eigenvalue weighted by Crippen LogP contribution is -2.21. The smallest absolute Gasteiger partial charge is 0.340 e. The Hall–Kier alpha value is -2.53. The van der Waals surface area contributed by atoms with Crippen LogP contribution in [0.15, 0.2) is 40.9 Å². The van der Waals surface area contributed by atoms with Crippen LogP contribution in [-0.2, 0) is 20.8 Å². The summed E-state index contributed by atoms with van der Waals surface area (Å²) >= 11 is 3.48. The Kier molecular flexibility index (Phi) is 11.4. The van der Waals surface area contributed by atoms with Crippen molar-refractivity contribution in [2.45, 2.75) is 33.6 Å². The summed E-state index contributed by atoms with van der Waals surface area (Å²) in [7, 11) is 1.23. The summed E-state index contributed by atoms with van der Waals surface area (Å²) in [6.45, 7) is 11.4. The van der Waals surface area contributed by atoms with Crippen LogP contribution in [0.25, 0.3) is 0 Å². The molecular weight excluding hydrogens is 506 g/mol. The lowest BCUT2D eigenvalue weighted by molar-refractivity contribution is -0.384. The first-order valence-corrected chi connectivity index (χ1v) is 12.0. The maximum Gasteiger partial charge on any atom is 0.340 e. The molecule has 1 fully saturated rings. The van der Waals surface area contributed by atoms with Crippen LogP contribution in [0.1, 0.15) is 48.5 Å². The Bertz CT molecular complexity index is 956. The Morgan fingerprint density at radius 1 is 1.18 bits per heavy atom. The summed E-state index contributed by atoms with van der Waals surface area (Å²) in [5.41, 5.74) is 1.71. The third kappa shape index (κ3) is 7.49. The second kappa shape index (κ2) is 14.0. The van der Waals surface area contributed by atoms with Gasteiger partial charge in [0.1, 0.15) is 5.69 Å². The van der Waals surface area contributed by atoms with E-state index in [-0.39, 0.29) is 23.5 Å². The van der Waals surface area contributed by atoms with Crippen LogP contribution in [-0.4, -0.2) is 55.8 Å². The largest absolute Gasteiger partial charge is 0.465 e. The average Bonchev–Trinajstić information content (AvgIpc) is 3.39. The van der Waals surface area contributed by atoms with Crippen molar-refractivity contribution in [3.63, 3.8) is 0 Å². The minimum Gasteiger partial charge on any atom is -0.465 e. The van der Waals surface area contributed by atoms with E-state index in [2.05, 4.69) is 46.9 Å². The first-order chi connectivity index (χ1) is 16.4. The molecule has 0 saturated carbocycles. The third-order valence-electron chi connectivity index (χ3n) is 5.39. The predicted molar refractivity (Wildman–Crippen MR) is 134 cm³/mol. The molecule has 0 amide bonds. The SMILES string of the molecule is CCN(CC)CC.COC(=O)c1cccc([N+](=O)[O-])c1NCc1ccc(Br)c(C2OCCO2)c1. The molecule has 0 unspecified atom stereocenters. The molecular formula is C24H32BrN3O6. The van der Waals surface area contributed by atoms with Crippen molar-refractivity contribution >= 4 is 33.3 Å². The Balaban J connectivity index is 0.000000509. The van der Waals surface area contributed by atoms with Crippen molar-refractivity contribution in [2.75, 3.05) is 45.3 Å². The second-order valence-corrected chi connectivity index (χ2v) is 8.21. The van der Waals surface area contributed by atoms with E-state index in [1.54, 1.807) is 0 Å². The van der Waals surface area contributed by atoms with Crippen molar-refractivity contribution in [2.24, 2.45) is 0 Å². The molecule has 2 aromatic carbocycles. The molecule has 2 aromatic rings. The number of rotatable bonds is 9. The molecule has 186 valence electrons. The van der Waals surface area contributed by atoms with E-state index in [0.29, 0.717) is 13.2 Å². The number of anilines is 1. The van der Waals surface area contributed by atoms with Crippen molar-refractivity contribution in [1.29, 1.82) is 0 Å². The molecule has 0 aromatic heterocycles. The number of esters is 1. The lowest BCUT2D eigenvalue weighted by Gasteiger charge is -2.15. The molecule has 1 aliphatic heterocycles. The number of ether oxygens (including phenoxy) is 3. The van der Waals surface area contributed by atoms with Gasteiger partial charge >= 0.3 is 5.97 Å². The van der Waals surface area contributed by atoms with Gasteiger partial charge in [-0.25, -0.2) is 4.79 Å². The van der Waals surface area contributed by atoms with Crippen LogP contribution >= 0.6 is 15.9 Å². The van der Waals surface area contributed by atoms with Crippen molar-refractivity contribution in [3.05, 3.63) is 67.7 Å². The average molecular weight is 538 g/mol. The van der Waals surface area contributed by atoms with Gasteiger partial charge in [0, 0.05) is 22.6 Å². The first kappa shape index (κ1) is 27.7. The molecule has 34 heavy (non-hydrogen) atoms. The molecule has 3 rings (SSSR count). The van der Waals surface area contributed by atoms with Gasteiger partial charge in [0.25, 0.3) is 5.69 Å². The molecule has 0 atom stereocenters. The number of para-hydroxylation sites is 1. The highest BCUT2D eigenvalue weighted by molar-refractivity contribution is 9.10. The number of halogens is 1. The molecule has 0 radical (unpaired) electrons. The summed E-state index contributed by atoms with van der Waals surface area (Å²) in [4.78, 5) is 25.1. The van der Waals surface area contributed by atoms with Gasteiger partial charge in [-0.05, 0) is 43.4 Å². The molecule has 9 nitrogen and oxygen atoms in total. The van der Waals surface area contributed by atoms with Crippen LogP contribution in [0, 0.1) is 10.1 Å². The number of hydrogen-bond donors (Lipinski definition) is 1. The van der Waals surface area contributed by atoms with Crippen molar-refractivity contribution in [1.82, 2.24) is 4.90 Å². The van der Waals surface area contributed by atoms with Crippen LogP contribution in [0.5, 0.6) is 0 Å². The fourth-order valence-corrected chi connectivity index (χ4v) is 3.87. The van der Waals surface area contributed by atoms with E-state index in [9.17, 15) is 14.9 Å². The molecule has 0 bridgehead atoms. The zero-order valence-electron chi connectivity index (χ0n) is 20.0. The first-order valence-electron chi connectivity index (χ1n) is 11.2. The Morgan fingerprint density at radius 2 is 1.82 bits per heavy atom. The van der Waals surface area contributed by atoms with Crippen LogP contribution in [0.4, 0.5) is 11.4 Å². The number of methoxy groups -OCH3 is 1. The van der Waals surface area contributed by atoms with Gasteiger partial charge in [-0.15, -0.1) is 0 Å². The highest BCUT2D eigenvalue weighted by Gasteiger charge is 2.23. The van der Waals surface area contributed by atoms with Gasteiger partial charge in [0.2, 0.25) is 0 Å². The van der Waals surface area contributed by atoms with Crippen LogP contribution < -0.4 is 5.32 Å². The number of nitro benzene ring substituents is 1. The zero-order valence-corrected chi connectivity index (χ0v) is 21.6. The maximum atomic E-state index is 12.0. The van der Waals surface area contributed by atoms with E-state index < -0.39 is 17.2 Å². The molecule has 10 heteroatoms. The third-order valence-corrected chi connectivity index (χ3v) is 6.11. The summed E-state index contributed by atoms with van der Waals surface area (Å²) < 4.78 is 16.6. The van der Waals surface area contributed by atoms with E-state index in [1.165, 1.54) is 44.9 Å². The van der Waals surface area contributed by atoms with Crippen LogP contribution in [0.3, 0.4) is 0 Å². The standard InChI is InChI=1S/C18H17BrN2O6.C6H15N/c1-25-17(22)12-3-2-4-15(21(23)24)16(12)20-10-11-5-6-14(19)13(9-11)18-26-7-8-27-18;1-4-7(5-2)6-3/h2-6,9,18,20H,7-8,10H2,1H3;4-6H2,1-3H3. The summed E-state index contributed by atoms with van der Waals surface area (Å²) in [6, 6.07) is 9.87. The quantitative estimate of drug-likeness (QED) is 0.266. The highest BCUT2D eigenvalue weighted by atomic mass is 79.9. The number of hydrogen-bond acceptors (Lipinski definition) is 8. The molecule has 1 aliphatic rings. The van der Waals surface area contributed by atoms with E-state index in [1.807, 2.05) is 18.2 Å². The van der Waals surface area contributed by atoms with Crippen LogP contribution in [0.2, 0.25) is 0 Å². The molecule has 0 spiro atoms. The predicted octanol–water partition coefficient (Wildman–Crippen LogP) is 5.15. The fourth-order valence-electron chi connectivity index (χ4n) is 3.44.